The number of hydrogen-bond acceptors (Lipinski definition) is 3. The number of likely N-dealkylation sites (N-methyl/N-ethyl adjacent to an activating group) is 1. The molecule has 0 spiro atoms. The summed E-state index contributed by atoms with van der Waals surface area (Å²) in [5.74, 6) is -1.54. The first kappa shape index (κ1) is 34.4. The Morgan fingerprint density at radius 3 is 1.31 bits per heavy atom. The van der Waals surface area contributed by atoms with Crippen LogP contribution in [0.2, 0.25) is 0 Å². The van der Waals surface area contributed by atoms with Crippen LogP contribution in [0, 0.1) is 0 Å². The molecular formula is C33H67ClNO4+. The topological polar surface area (TPSA) is 63.6 Å². The predicted molar refractivity (Wildman–Crippen MR) is 169 cm³/mol. The van der Waals surface area contributed by atoms with E-state index in [4.69, 9.17) is 14.0 Å². The van der Waals surface area contributed by atoms with E-state index in [9.17, 15) is 9.59 Å². The van der Waals surface area contributed by atoms with Crippen molar-refractivity contribution in [1.82, 2.24) is 0 Å². The summed E-state index contributed by atoms with van der Waals surface area (Å²) in [6.45, 7) is -0.0919. The monoisotopic (exact) mass is 579 g/mol. The summed E-state index contributed by atoms with van der Waals surface area (Å²) in [5, 5.41) is 9.12. The Labute approximate surface area is 253 Å². The summed E-state index contributed by atoms with van der Waals surface area (Å²) >= 11 is 0. The Hall–Kier alpha value is -0.810. The molecule has 0 aliphatic heterocycles. The largest absolute Gasteiger partial charge is 0.481 e. The molecule has 0 rings (SSSR count). The van der Waals surface area contributed by atoms with Crippen molar-refractivity contribution in [3.8, 4) is 0 Å². The highest BCUT2D eigenvalue weighted by atomic mass is 35.5. The zero-order valence-electron chi connectivity index (χ0n) is 29.0. The van der Waals surface area contributed by atoms with Gasteiger partial charge in [0.05, 0.1) is 31.6 Å². The average Bonchev–Trinajstić information content (AvgIpc) is 2.87. The van der Waals surface area contributed by atoms with Crippen LogP contribution in [-0.2, 0) is 14.3 Å². The van der Waals surface area contributed by atoms with E-state index in [1.807, 2.05) is 0 Å². The molecule has 5 nitrogen and oxygen atoms in total. The van der Waals surface area contributed by atoms with Crippen LogP contribution in [0.25, 0.3) is 0 Å². The van der Waals surface area contributed by atoms with E-state index >= 15 is 0 Å². The van der Waals surface area contributed by atoms with Crippen molar-refractivity contribution in [3.63, 3.8) is 0 Å². The maximum Gasteiger partial charge on any atom is 0.307 e. The number of ether oxygens (including phenoxy) is 1. The Balaban J connectivity index is 0. The molecule has 0 aromatic carbocycles. The zero-order chi connectivity index (χ0) is 30.8. The minimum absolute atomic E-state index is 0. The van der Waals surface area contributed by atoms with Crippen LogP contribution in [0.1, 0.15) is 172 Å². The summed E-state index contributed by atoms with van der Waals surface area (Å²) in [6, 6.07) is 0. The van der Waals surface area contributed by atoms with Gasteiger partial charge in [0.15, 0.2) is 6.10 Å². The van der Waals surface area contributed by atoms with Crippen molar-refractivity contribution in [2.45, 2.75) is 174 Å². The summed E-state index contributed by atoms with van der Waals surface area (Å²) in [6.07, 6.45) is 29.2. The third-order valence-electron chi connectivity index (χ3n) is 7.34. The third kappa shape index (κ3) is 33.3. The highest BCUT2D eigenvalue weighted by Crippen LogP contribution is 2.16. The molecule has 1 N–H and O–H groups in total. The molecule has 0 aromatic heterocycles. The standard InChI is InChI=1S/C33H65NO4.ClH/c1-5-6-7-8-9-10-11-12-13-14-15-16-17-18-19-20-21-22-23-24-25-26-27-28-33(37)38-31(29-32(35)36)30-34(2,3)4;/h31H,5-30H2,1-4H3;1H/p+1/t31-;/m0./s1/i2D3;. The lowest BCUT2D eigenvalue weighted by atomic mass is 10.0. The summed E-state index contributed by atoms with van der Waals surface area (Å²) in [4.78, 5) is 23.4. The number of carboxylic acids is 1. The lowest BCUT2D eigenvalue weighted by molar-refractivity contribution is -0.873. The van der Waals surface area contributed by atoms with Crippen molar-refractivity contribution in [2.75, 3.05) is 27.6 Å². The van der Waals surface area contributed by atoms with Crippen molar-refractivity contribution in [2.24, 2.45) is 0 Å². The molecule has 0 radical (unpaired) electrons. The SMILES string of the molecule is Cl.[2H]C([2H])([2H])[N+](C)(C)C[C@H](CC(=O)O)OC(=O)CCCCCCCCCCCCCCCCCCCCCCCCC. The lowest BCUT2D eigenvalue weighted by Gasteiger charge is -2.28. The van der Waals surface area contributed by atoms with E-state index in [-0.39, 0.29) is 31.8 Å². The van der Waals surface area contributed by atoms with Crippen molar-refractivity contribution in [3.05, 3.63) is 0 Å². The molecule has 0 amide bonds. The predicted octanol–water partition coefficient (Wildman–Crippen LogP) is 9.88. The molecule has 0 unspecified atom stereocenters. The fourth-order valence-electron chi connectivity index (χ4n) is 5.15. The molecule has 0 saturated carbocycles. The number of aliphatic carboxylic acids is 1. The van der Waals surface area contributed by atoms with E-state index < -0.39 is 29.5 Å². The van der Waals surface area contributed by atoms with Gasteiger partial charge in [-0.15, -0.1) is 12.4 Å². The molecule has 6 heteroatoms. The van der Waals surface area contributed by atoms with E-state index in [1.54, 1.807) is 0 Å². The van der Waals surface area contributed by atoms with Gasteiger partial charge in [-0.25, -0.2) is 0 Å². The van der Waals surface area contributed by atoms with Gasteiger partial charge < -0.3 is 14.3 Å². The fourth-order valence-corrected chi connectivity index (χ4v) is 5.15. The first-order chi connectivity index (χ1) is 19.5. The number of carboxylic acid groups (broad SMARTS) is 1. The molecule has 0 bridgehead atoms. The molecule has 0 aliphatic carbocycles. The molecular weight excluding hydrogens is 510 g/mol. The second kappa shape index (κ2) is 28.7. The molecule has 234 valence electrons. The first-order valence-corrected chi connectivity index (χ1v) is 16.2. The summed E-state index contributed by atoms with van der Waals surface area (Å²) < 4.78 is 27.8. The summed E-state index contributed by atoms with van der Waals surface area (Å²) in [7, 11) is 2.99. The van der Waals surface area contributed by atoms with Crippen LogP contribution >= 0.6 is 12.4 Å². The number of quaternary nitrogens is 1. The minimum Gasteiger partial charge on any atom is -0.481 e. The Morgan fingerprint density at radius 1 is 0.667 bits per heavy atom. The lowest BCUT2D eigenvalue weighted by Crippen LogP contribution is -2.43. The van der Waals surface area contributed by atoms with Crippen LogP contribution in [0.5, 0.6) is 0 Å². The van der Waals surface area contributed by atoms with E-state index in [0.717, 1.165) is 19.3 Å². The molecule has 0 saturated heterocycles. The van der Waals surface area contributed by atoms with Gasteiger partial charge in [-0.2, -0.15) is 0 Å². The number of unbranched alkanes of at least 4 members (excludes halogenated alkanes) is 22. The normalized spacial score (nSPS) is 13.7. The number of carbonyl (C=O) groups excluding carboxylic acids is 1. The highest BCUT2D eigenvalue weighted by molar-refractivity contribution is 5.85. The summed E-state index contributed by atoms with van der Waals surface area (Å²) in [5.41, 5.74) is 0. The number of rotatable bonds is 29. The number of halogens is 1. The van der Waals surface area contributed by atoms with Gasteiger partial charge in [0.25, 0.3) is 0 Å². The van der Waals surface area contributed by atoms with Crippen LogP contribution in [-0.4, -0.2) is 55.2 Å². The van der Waals surface area contributed by atoms with Crippen LogP contribution in [0.15, 0.2) is 0 Å². The average molecular weight is 580 g/mol. The highest BCUT2D eigenvalue weighted by Gasteiger charge is 2.24. The number of esters is 1. The van der Waals surface area contributed by atoms with Gasteiger partial charge in [0.1, 0.15) is 6.54 Å². The van der Waals surface area contributed by atoms with Gasteiger partial charge in [0, 0.05) is 6.42 Å². The number of carbonyl (C=O) groups is 2. The van der Waals surface area contributed by atoms with Crippen molar-refractivity contribution >= 4 is 24.3 Å². The molecule has 0 fully saturated rings. The van der Waals surface area contributed by atoms with Crippen LogP contribution in [0.3, 0.4) is 0 Å². The minimum atomic E-state index is -2.31. The fraction of sp³-hybridized carbons (Fsp3) is 0.939. The van der Waals surface area contributed by atoms with Crippen LogP contribution < -0.4 is 0 Å². The Kier molecular flexibility index (Phi) is 25.3. The van der Waals surface area contributed by atoms with Crippen molar-refractivity contribution in [1.29, 1.82) is 0 Å². The Morgan fingerprint density at radius 2 is 1.00 bits per heavy atom. The van der Waals surface area contributed by atoms with Crippen molar-refractivity contribution < 1.29 is 28.0 Å². The zero-order valence-corrected chi connectivity index (χ0v) is 26.8. The molecule has 0 aliphatic rings. The van der Waals surface area contributed by atoms with Gasteiger partial charge in [0.2, 0.25) is 0 Å². The molecule has 39 heavy (non-hydrogen) atoms. The smallest absolute Gasteiger partial charge is 0.307 e. The van der Waals surface area contributed by atoms with Gasteiger partial charge in [-0.1, -0.05) is 148 Å². The van der Waals surface area contributed by atoms with Crippen LogP contribution in [0.4, 0.5) is 0 Å². The number of hydrogen-bond donors (Lipinski definition) is 1. The maximum atomic E-state index is 12.2. The maximum absolute atomic E-state index is 12.2. The molecule has 0 heterocycles. The van der Waals surface area contributed by atoms with E-state index in [0.29, 0.717) is 0 Å². The van der Waals surface area contributed by atoms with Gasteiger partial charge in [-0.3, -0.25) is 9.59 Å². The third-order valence-corrected chi connectivity index (χ3v) is 7.34. The number of nitrogens with zero attached hydrogens (tertiary/aromatic N) is 1. The van der Waals surface area contributed by atoms with E-state index in [1.165, 1.54) is 143 Å². The quantitative estimate of drug-likeness (QED) is 0.0544. The van der Waals surface area contributed by atoms with Gasteiger partial charge in [-0.05, 0) is 6.42 Å². The molecule has 1 atom stereocenters. The second-order valence-electron chi connectivity index (χ2n) is 12.1. The first-order valence-electron chi connectivity index (χ1n) is 17.7. The molecule has 0 aromatic rings. The second-order valence-corrected chi connectivity index (χ2v) is 12.1. The Bertz CT molecular complexity index is 647. The van der Waals surface area contributed by atoms with Gasteiger partial charge >= 0.3 is 11.9 Å². The van der Waals surface area contributed by atoms with E-state index in [2.05, 4.69) is 6.92 Å².